The van der Waals surface area contributed by atoms with E-state index in [4.69, 9.17) is 13.3 Å². The number of para-hydroxylation sites is 3. The highest BCUT2D eigenvalue weighted by Gasteiger charge is 2.72. The van der Waals surface area contributed by atoms with Gasteiger partial charge in [-0.3, -0.25) is 0 Å². The molecule has 4 heteroatoms. The maximum absolute atomic E-state index is 6.99. The zero-order valence-corrected chi connectivity index (χ0v) is 19.4. The molecule has 4 aliphatic carbocycles. The third kappa shape index (κ3) is 3.61. The lowest BCUT2D eigenvalue weighted by Crippen LogP contribution is -2.68. The zero-order chi connectivity index (χ0) is 21.4. The molecule has 4 fully saturated rings. The van der Waals surface area contributed by atoms with Crippen molar-refractivity contribution >= 4 is 8.80 Å². The molecule has 7 rings (SSSR count). The van der Waals surface area contributed by atoms with Crippen LogP contribution in [0, 0.1) is 17.8 Å². The second kappa shape index (κ2) is 8.00. The van der Waals surface area contributed by atoms with Gasteiger partial charge >= 0.3 is 8.80 Å². The molecule has 4 bridgehead atoms. The molecule has 0 radical (unpaired) electrons. The van der Waals surface area contributed by atoms with Crippen LogP contribution in [-0.4, -0.2) is 8.80 Å². The van der Waals surface area contributed by atoms with Crippen LogP contribution in [-0.2, 0) is 0 Å². The Labute approximate surface area is 191 Å². The first-order chi connectivity index (χ1) is 15.7. The van der Waals surface area contributed by atoms with E-state index < -0.39 is 8.80 Å². The van der Waals surface area contributed by atoms with Gasteiger partial charge in [0.25, 0.3) is 0 Å². The first-order valence-electron chi connectivity index (χ1n) is 11.9. The maximum Gasteiger partial charge on any atom is 0.705 e. The van der Waals surface area contributed by atoms with Gasteiger partial charge in [-0.05, 0) is 92.7 Å². The van der Waals surface area contributed by atoms with Gasteiger partial charge in [0.2, 0.25) is 0 Å². The molecule has 0 saturated heterocycles. The normalized spacial score (nSPS) is 28.3. The molecule has 4 saturated carbocycles. The fourth-order valence-electron chi connectivity index (χ4n) is 6.80. The smallest absolute Gasteiger partial charge is 0.483 e. The quantitative estimate of drug-likeness (QED) is 0.364. The molecule has 0 aromatic heterocycles. The zero-order valence-electron chi connectivity index (χ0n) is 18.4. The van der Waals surface area contributed by atoms with Crippen LogP contribution in [0.1, 0.15) is 38.5 Å². The number of hydrogen-bond acceptors (Lipinski definition) is 3. The summed E-state index contributed by atoms with van der Waals surface area (Å²) in [6.45, 7) is 0. The third-order valence-corrected chi connectivity index (χ3v) is 11.1. The molecular formula is C28H30O3Si. The third-order valence-electron chi connectivity index (χ3n) is 7.67. The summed E-state index contributed by atoms with van der Waals surface area (Å²) in [5, 5.41) is -0.0523. The minimum Gasteiger partial charge on any atom is -0.483 e. The van der Waals surface area contributed by atoms with Crippen molar-refractivity contribution in [1.29, 1.82) is 0 Å². The van der Waals surface area contributed by atoms with Crippen molar-refractivity contribution in [2.45, 2.75) is 43.6 Å². The van der Waals surface area contributed by atoms with E-state index in [1.165, 1.54) is 19.3 Å². The van der Waals surface area contributed by atoms with Crippen LogP contribution in [0.2, 0.25) is 5.04 Å². The van der Waals surface area contributed by atoms with Gasteiger partial charge in [0.1, 0.15) is 17.2 Å². The standard InChI is InChI=1S/C28H30O3Si/c1-4-10-25(11-5-1)29-32(30-26-12-6-2-7-13-26,31-27-14-8-3-9-15-27)28-19-22-16-23(20-28)18-24(17-22)21-28/h1-15,22-24H,16-21H2. The Morgan fingerprint density at radius 3 is 1.12 bits per heavy atom. The Hall–Kier alpha value is -2.72. The van der Waals surface area contributed by atoms with Gasteiger partial charge in [0.05, 0.1) is 5.04 Å². The van der Waals surface area contributed by atoms with Crippen molar-refractivity contribution in [2.75, 3.05) is 0 Å². The molecule has 3 aromatic rings. The predicted octanol–water partition coefficient (Wildman–Crippen LogP) is 7.13. The minimum atomic E-state index is -3.27. The number of hydrogen-bond donors (Lipinski definition) is 0. The van der Waals surface area contributed by atoms with E-state index in [9.17, 15) is 0 Å². The van der Waals surface area contributed by atoms with E-state index >= 15 is 0 Å². The molecule has 0 unspecified atom stereocenters. The highest BCUT2D eigenvalue weighted by Crippen LogP contribution is 2.67. The summed E-state index contributed by atoms with van der Waals surface area (Å²) in [5.41, 5.74) is 0. The Bertz CT molecular complexity index is 901. The van der Waals surface area contributed by atoms with Crippen LogP contribution in [0.15, 0.2) is 91.0 Å². The van der Waals surface area contributed by atoms with Gasteiger partial charge in [-0.1, -0.05) is 54.6 Å². The lowest BCUT2D eigenvalue weighted by molar-refractivity contribution is -0.00174. The molecule has 0 heterocycles. The van der Waals surface area contributed by atoms with Crippen LogP contribution in [0.5, 0.6) is 17.2 Å². The van der Waals surface area contributed by atoms with Crippen LogP contribution in [0.4, 0.5) is 0 Å². The lowest BCUT2D eigenvalue weighted by Gasteiger charge is -2.59. The second-order valence-corrected chi connectivity index (χ2v) is 12.8. The molecule has 0 spiro atoms. The molecule has 0 N–H and O–H groups in total. The Kier molecular flexibility index (Phi) is 4.98. The summed E-state index contributed by atoms with van der Waals surface area (Å²) in [6.07, 6.45) is 7.55. The molecule has 0 atom stereocenters. The average Bonchev–Trinajstić information content (AvgIpc) is 2.80. The van der Waals surface area contributed by atoms with E-state index in [1.54, 1.807) is 0 Å². The fraction of sp³-hybridized carbons (Fsp3) is 0.357. The summed E-state index contributed by atoms with van der Waals surface area (Å²) < 4.78 is 21.0. The molecule has 3 aromatic carbocycles. The highest BCUT2D eigenvalue weighted by atomic mass is 28.4. The molecule has 4 aliphatic rings. The summed E-state index contributed by atoms with van der Waals surface area (Å²) in [7, 11) is -3.27. The Morgan fingerprint density at radius 1 is 0.500 bits per heavy atom. The first-order valence-corrected chi connectivity index (χ1v) is 13.7. The van der Waals surface area contributed by atoms with E-state index in [1.807, 2.05) is 91.0 Å². The van der Waals surface area contributed by atoms with Crippen LogP contribution in [0.25, 0.3) is 0 Å². The van der Waals surface area contributed by atoms with Gasteiger partial charge in [0.15, 0.2) is 0 Å². The van der Waals surface area contributed by atoms with E-state index in [0.717, 1.165) is 54.3 Å². The average molecular weight is 443 g/mol. The predicted molar refractivity (Wildman–Crippen MR) is 128 cm³/mol. The molecule has 0 aliphatic heterocycles. The van der Waals surface area contributed by atoms with Gasteiger partial charge in [-0.25, -0.2) is 0 Å². The topological polar surface area (TPSA) is 27.7 Å². The minimum absolute atomic E-state index is 0.0523. The van der Waals surface area contributed by atoms with Crippen molar-refractivity contribution in [2.24, 2.45) is 17.8 Å². The van der Waals surface area contributed by atoms with E-state index in [2.05, 4.69) is 0 Å². The molecule has 32 heavy (non-hydrogen) atoms. The fourth-order valence-corrected chi connectivity index (χ4v) is 10.5. The monoisotopic (exact) mass is 442 g/mol. The van der Waals surface area contributed by atoms with Crippen molar-refractivity contribution in [3.8, 4) is 17.2 Å². The summed E-state index contributed by atoms with van der Waals surface area (Å²) in [6, 6.07) is 30.4. The first kappa shape index (κ1) is 19.9. The second-order valence-electron chi connectivity index (χ2n) is 10.00. The number of benzene rings is 3. The maximum atomic E-state index is 6.99. The summed E-state index contributed by atoms with van der Waals surface area (Å²) >= 11 is 0. The highest BCUT2D eigenvalue weighted by molar-refractivity contribution is 6.66. The Balaban J connectivity index is 1.49. The SMILES string of the molecule is c1ccc(O[Si](Oc2ccccc2)(Oc2ccccc2)C23CC4CC(CC(C4)C2)C3)cc1. The van der Waals surface area contributed by atoms with Crippen molar-refractivity contribution in [3.63, 3.8) is 0 Å². The van der Waals surface area contributed by atoms with Crippen LogP contribution < -0.4 is 13.3 Å². The summed E-state index contributed by atoms with van der Waals surface area (Å²) in [4.78, 5) is 0. The van der Waals surface area contributed by atoms with Gasteiger partial charge in [0, 0.05) is 0 Å². The lowest BCUT2D eigenvalue weighted by atomic mass is 9.56. The molecule has 3 nitrogen and oxygen atoms in total. The van der Waals surface area contributed by atoms with Crippen LogP contribution >= 0.6 is 0 Å². The van der Waals surface area contributed by atoms with Gasteiger partial charge in [-0.15, -0.1) is 0 Å². The van der Waals surface area contributed by atoms with Crippen molar-refractivity contribution < 1.29 is 13.3 Å². The van der Waals surface area contributed by atoms with Gasteiger partial charge < -0.3 is 13.3 Å². The molecule has 164 valence electrons. The van der Waals surface area contributed by atoms with Crippen LogP contribution in [0.3, 0.4) is 0 Å². The van der Waals surface area contributed by atoms with E-state index in [-0.39, 0.29) is 5.04 Å². The number of rotatable bonds is 7. The largest absolute Gasteiger partial charge is 0.705 e. The Morgan fingerprint density at radius 2 is 0.812 bits per heavy atom. The molecular weight excluding hydrogens is 412 g/mol. The summed E-state index contributed by atoms with van der Waals surface area (Å²) in [5.74, 6) is 4.81. The molecule has 0 amide bonds. The van der Waals surface area contributed by atoms with Crippen molar-refractivity contribution in [1.82, 2.24) is 0 Å². The van der Waals surface area contributed by atoms with Crippen molar-refractivity contribution in [3.05, 3.63) is 91.0 Å². The van der Waals surface area contributed by atoms with Gasteiger partial charge in [-0.2, -0.15) is 0 Å². The van der Waals surface area contributed by atoms with E-state index in [0.29, 0.717) is 0 Å².